The zero-order valence-electron chi connectivity index (χ0n) is 12.6. The standard InChI is InChI=1S/C16H18O6/c1-20-13(17)5-4-7-10-8(4)12-9(6(5)14(18)21-2)11(7)16(10,12)15(19)22-3/h4-12H,1-3H3. The predicted molar refractivity (Wildman–Crippen MR) is 69.9 cm³/mol. The third-order valence-electron chi connectivity index (χ3n) is 7.73. The first-order chi connectivity index (χ1) is 10.6. The van der Waals surface area contributed by atoms with Gasteiger partial charge in [-0.05, 0) is 41.4 Å². The maximum Gasteiger partial charge on any atom is 0.312 e. The molecule has 0 aliphatic heterocycles. The summed E-state index contributed by atoms with van der Waals surface area (Å²) in [5, 5.41) is 0. The van der Waals surface area contributed by atoms with E-state index < -0.39 is 11.8 Å². The largest absolute Gasteiger partial charge is 0.469 e. The monoisotopic (exact) mass is 306 g/mol. The third-order valence-corrected chi connectivity index (χ3v) is 7.73. The Kier molecular flexibility index (Phi) is 2.05. The molecule has 6 aliphatic rings. The van der Waals surface area contributed by atoms with E-state index in [0.717, 1.165) is 0 Å². The molecule has 6 rings (SSSR count). The lowest BCUT2D eigenvalue weighted by molar-refractivity contribution is -0.516. The fraction of sp³-hybridized carbons (Fsp3) is 0.812. The highest BCUT2D eigenvalue weighted by Gasteiger charge is 3.01. The molecule has 6 nitrogen and oxygen atoms in total. The average Bonchev–Trinajstić information content (AvgIpc) is 2.52. The predicted octanol–water partition coefficient (Wildman–Crippen LogP) is 0.106. The van der Waals surface area contributed by atoms with Gasteiger partial charge in [0.2, 0.25) is 0 Å². The number of methoxy groups -OCH3 is 3. The number of ether oxygens (including phenoxy) is 3. The lowest BCUT2D eigenvalue weighted by Gasteiger charge is -2.97. The van der Waals surface area contributed by atoms with Crippen molar-refractivity contribution in [1.82, 2.24) is 0 Å². The molecule has 6 aliphatic carbocycles. The minimum absolute atomic E-state index is 0.0839. The van der Waals surface area contributed by atoms with E-state index in [1.54, 1.807) is 0 Å². The summed E-state index contributed by atoms with van der Waals surface area (Å²) >= 11 is 0. The average molecular weight is 306 g/mol. The van der Waals surface area contributed by atoms with E-state index in [1.165, 1.54) is 21.3 Å². The Hall–Kier alpha value is -1.59. The van der Waals surface area contributed by atoms with Gasteiger partial charge in [-0.15, -0.1) is 0 Å². The van der Waals surface area contributed by atoms with E-state index in [9.17, 15) is 14.4 Å². The van der Waals surface area contributed by atoms with Crippen molar-refractivity contribution in [3.8, 4) is 0 Å². The van der Waals surface area contributed by atoms with Crippen LogP contribution >= 0.6 is 0 Å². The molecule has 0 amide bonds. The Morgan fingerprint density at radius 3 is 1.59 bits per heavy atom. The number of carbonyl (C=O) groups is 3. The number of fused-ring (bicyclic) bond motifs is 1. The fourth-order valence-electron chi connectivity index (χ4n) is 7.60. The van der Waals surface area contributed by atoms with Crippen LogP contribution in [0.25, 0.3) is 0 Å². The molecule has 0 aromatic heterocycles. The van der Waals surface area contributed by atoms with Crippen LogP contribution in [0.2, 0.25) is 0 Å². The van der Waals surface area contributed by atoms with Gasteiger partial charge in [0.15, 0.2) is 0 Å². The van der Waals surface area contributed by atoms with Gasteiger partial charge in [-0.2, -0.15) is 0 Å². The fourth-order valence-corrected chi connectivity index (χ4v) is 7.60. The molecule has 6 unspecified atom stereocenters. The second kappa shape index (κ2) is 3.49. The van der Waals surface area contributed by atoms with Crippen LogP contribution in [0.3, 0.4) is 0 Å². The lowest BCUT2D eigenvalue weighted by Crippen LogP contribution is -3.00. The molecule has 0 radical (unpaired) electrons. The van der Waals surface area contributed by atoms with Crippen LogP contribution < -0.4 is 0 Å². The van der Waals surface area contributed by atoms with E-state index in [2.05, 4.69) is 0 Å². The second-order valence-corrected chi connectivity index (χ2v) is 7.41. The summed E-state index contributed by atoms with van der Waals surface area (Å²) < 4.78 is 14.9. The summed E-state index contributed by atoms with van der Waals surface area (Å²) in [7, 11) is 4.16. The van der Waals surface area contributed by atoms with Gasteiger partial charge in [0.25, 0.3) is 0 Å². The third kappa shape index (κ3) is 0.863. The van der Waals surface area contributed by atoms with Crippen LogP contribution in [0.15, 0.2) is 0 Å². The highest BCUT2D eigenvalue weighted by atomic mass is 16.5. The van der Waals surface area contributed by atoms with Crippen molar-refractivity contribution in [2.75, 3.05) is 21.3 Å². The molecule has 0 saturated heterocycles. The van der Waals surface area contributed by atoms with Gasteiger partial charge in [-0.1, -0.05) is 0 Å². The van der Waals surface area contributed by atoms with Gasteiger partial charge >= 0.3 is 17.9 Å². The zero-order chi connectivity index (χ0) is 15.5. The summed E-state index contributed by atoms with van der Waals surface area (Å²) in [6.45, 7) is 0. The van der Waals surface area contributed by atoms with E-state index in [-0.39, 0.29) is 47.0 Å². The van der Waals surface area contributed by atoms with Crippen LogP contribution in [0, 0.1) is 58.7 Å². The number of hydrogen-bond acceptors (Lipinski definition) is 6. The summed E-state index contributed by atoms with van der Waals surface area (Å²) in [5.41, 5.74) is -0.335. The molecule has 118 valence electrons. The van der Waals surface area contributed by atoms with E-state index in [4.69, 9.17) is 14.2 Å². The van der Waals surface area contributed by atoms with Crippen LogP contribution in [-0.4, -0.2) is 39.2 Å². The molecule has 6 saturated carbocycles. The number of carbonyl (C=O) groups excluding carboxylic acids is 3. The van der Waals surface area contributed by atoms with Crippen LogP contribution in [0.1, 0.15) is 0 Å². The maximum atomic E-state index is 12.3. The van der Waals surface area contributed by atoms with E-state index in [1.807, 2.05) is 0 Å². The second-order valence-electron chi connectivity index (χ2n) is 7.41. The SMILES string of the molecule is COC(=O)C1C(C(=O)OC)C2C3C4C1C1C2C3(C(=O)OC)C41. The molecular formula is C16H18O6. The molecular weight excluding hydrogens is 288 g/mol. The number of rotatable bonds is 3. The Morgan fingerprint density at radius 2 is 1.14 bits per heavy atom. The number of esters is 3. The normalized spacial score (nSPS) is 57.1. The molecule has 2 bridgehead atoms. The summed E-state index contributed by atoms with van der Waals surface area (Å²) in [6, 6.07) is 0. The smallest absolute Gasteiger partial charge is 0.312 e. The van der Waals surface area contributed by atoms with Gasteiger partial charge in [0, 0.05) is 0 Å². The van der Waals surface area contributed by atoms with Gasteiger partial charge in [-0.25, -0.2) is 0 Å². The summed E-state index contributed by atoms with van der Waals surface area (Å²) in [5.74, 6) is 0.240. The minimum atomic E-state index is -0.455. The first-order valence-electron chi connectivity index (χ1n) is 7.81. The number of hydrogen-bond donors (Lipinski definition) is 0. The van der Waals surface area contributed by atoms with Gasteiger partial charge < -0.3 is 14.2 Å². The van der Waals surface area contributed by atoms with Crippen molar-refractivity contribution >= 4 is 17.9 Å². The Bertz CT molecular complexity index is 602. The zero-order valence-corrected chi connectivity index (χ0v) is 12.6. The quantitative estimate of drug-likeness (QED) is 0.544. The van der Waals surface area contributed by atoms with Crippen molar-refractivity contribution in [3.63, 3.8) is 0 Å². The van der Waals surface area contributed by atoms with Gasteiger partial charge in [-0.3, -0.25) is 14.4 Å². The molecule has 0 aromatic rings. The van der Waals surface area contributed by atoms with Crippen molar-refractivity contribution in [2.24, 2.45) is 58.7 Å². The Balaban J connectivity index is 1.55. The van der Waals surface area contributed by atoms with E-state index >= 15 is 0 Å². The highest BCUT2D eigenvalue weighted by Crippen LogP contribution is 2.98. The summed E-state index contributed by atoms with van der Waals surface area (Å²) in [4.78, 5) is 36.8. The molecule has 6 fully saturated rings. The van der Waals surface area contributed by atoms with Crippen LogP contribution in [0.5, 0.6) is 0 Å². The Morgan fingerprint density at radius 1 is 0.682 bits per heavy atom. The molecule has 0 aromatic carbocycles. The molecule has 6 heteroatoms. The van der Waals surface area contributed by atoms with Gasteiger partial charge in [0.1, 0.15) is 0 Å². The summed E-state index contributed by atoms with van der Waals surface area (Å²) in [6.07, 6.45) is 0. The molecule has 6 atom stereocenters. The highest BCUT2D eigenvalue weighted by molar-refractivity contribution is 5.90. The Labute approximate surface area is 127 Å². The molecule has 0 N–H and O–H groups in total. The first-order valence-corrected chi connectivity index (χ1v) is 7.81. The van der Waals surface area contributed by atoms with E-state index in [0.29, 0.717) is 17.8 Å². The lowest BCUT2D eigenvalue weighted by atomic mass is 9.04. The van der Waals surface area contributed by atoms with Crippen LogP contribution in [0.4, 0.5) is 0 Å². The molecule has 0 spiro atoms. The maximum absolute atomic E-state index is 12.3. The topological polar surface area (TPSA) is 78.9 Å². The molecule has 0 heterocycles. The van der Waals surface area contributed by atoms with Crippen molar-refractivity contribution in [3.05, 3.63) is 0 Å². The minimum Gasteiger partial charge on any atom is -0.469 e. The molecule has 22 heavy (non-hydrogen) atoms. The van der Waals surface area contributed by atoms with Crippen molar-refractivity contribution in [1.29, 1.82) is 0 Å². The van der Waals surface area contributed by atoms with Crippen LogP contribution in [-0.2, 0) is 28.6 Å². The van der Waals surface area contributed by atoms with Gasteiger partial charge in [0.05, 0.1) is 38.6 Å². The first kappa shape index (κ1) is 12.9. The van der Waals surface area contributed by atoms with Crippen molar-refractivity contribution in [2.45, 2.75) is 0 Å². The van der Waals surface area contributed by atoms with Crippen molar-refractivity contribution < 1.29 is 28.6 Å².